The van der Waals surface area contributed by atoms with Crippen molar-refractivity contribution >= 4 is 14.0 Å². The van der Waals surface area contributed by atoms with Crippen LogP contribution in [0.1, 0.15) is 38.4 Å². The van der Waals surface area contributed by atoms with Gasteiger partial charge >= 0.3 is 5.97 Å². The highest BCUT2D eigenvalue weighted by Gasteiger charge is 2.24. The van der Waals surface area contributed by atoms with Gasteiger partial charge in [-0.1, -0.05) is 75.2 Å². The fraction of sp³-hybridized carbons (Fsp3) is 0.500. The maximum atomic E-state index is 11.3. The Balaban J connectivity index is 3.01. The van der Waals surface area contributed by atoms with Gasteiger partial charge in [0.05, 0.1) is 8.07 Å². The molecule has 0 saturated carbocycles. The molecule has 0 bridgehead atoms. The molecule has 1 aromatic carbocycles. The van der Waals surface area contributed by atoms with Gasteiger partial charge in [-0.15, -0.1) is 0 Å². The molecular weight excluding hydrogens is 276 g/mol. The quantitative estimate of drug-likeness (QED) is 0.443. The average Bonchev–Trinajstić information content (AvgIpc) is 2.41. The maximum Gasteiger partial charge on any atom is 0.304 e. The Morgan fingerprint density at radius 1 is 1.19 bits per heavy atom. The molecule has 0 amide bonds. The zero-order chi connectivity index (χ0) is 15.9. The van der Waals surface area contributed by atoms with Crippen LogP contribution in [0.2, 0.25) is 25.2 Å². The zero-order valence-electron chi connectivity index (χ0n) is 13.8. The summed E-state index contributed by atoms with van der Waals surface area (Å²) in [4.78, 5) is 11.3. The predicted molar refractivity (Wildman–Crippen MR) is 90.7 cm³/mol. The van der Waals surface area contributed by atoms with E-state index in [9.17, 15) is 4.79 Å². The number of benzene rings is 1. The van der Waals surface area contributed by atoms with E-state index >= 15 is 0 Å². The minimum atomic E-state index is -1.33. The molecule has 2 atom stereocenters. The van der Waals surface area contributed by atoms with Crippen molar-refractivity contribution in [1.29, 1.82) is 0 Å². The van der Waals surface area contributed by atoms with Crippen LogP contribution in [0.3, 0.4) is 0 Å². The Hall–Kier alpha value is -1.53. The molecule has 2 nitrogen and oxygen atoms in total. The normalized spacial score (nSPS) is 13.8. The topological polar surface area (TPSA) is 26.3 Å². The van der Waals surface area contributed by atoms with E-state index in [0.717, 1.165) is 18.4 Å². The molecule has 2 unspecified atom stereocenters. The smallest absolute Gasteiger partial charge is 0.304 e. The number of carbonyl (C=O) groups is 1. The van der Waals surface area contributed by atoms with E-state index < -0.39 is 14.2 Å². The van der Waals surface area contributed by atoms with Gasteiger partial charge in [-0.25, -0.2) is 0 Å². The Morgan fingerprint density at radius 2 is 1.81 bits per heavy atom. The molecule has 3 heteroatoms. The first-order chi connectivity index (χ1) is 9.84. The first-order valence-corrected chi connectivity index (χ1v) is 11.2. The lowest BCUT2D eigenvalue weighted by Crippen LogP contribution is -2.27. The number of hydrogen-bond donors (Lipinski definition) is 0. The summed E-state index contributed by atoms with van der Waals surface area (Å²) in [5, 5.41) is 0. The number of rotatable bonds is 5. The summed E-state index contributed by atoms with van der Waals surface area (Å²) in [6, 6.07) is 9.73. The third-order valence-electron chi connectivity index (χ3n) is 3.40. The van der Waals surface area contributed by atoms with Crippen LogP contribution < -0.4 is 0 Å². The zero-order valence-corrected chi connectivity index (χ0v) is 14.8. The summed E-state index contributed by atoms with van der Waals surface area (Å²) in [6.45, 7) is 10.6. The van der Waals surface area contributed by atoms with Crippen LogP contribution in [-0.2, 0) is 9.53 Å². The fourth-order valence-corrected chi connectivity index (χ4v) is 3.83. The van der Waals surface area contributed by atoms with E-state index in [1.165, 1.54) is 6.92 Å². The average molecular weight is 302 g/mol. The van der Waals surface area contributed by atoms with Gasteiger partial charge in [-0.05, 0) is 6.42 Å². The van der Waals surface area contributed by atoms with Crippen LogP contribution >= 0.6 is 0 Å². The molecule has 21 heavy (non-hydrogen) atoms. The second-order valence-electron chi connectivity index (χ2n) is 6.40. The summed E-state index contributed by atoms with van der Waals surface area (Å²) in [6.07, 6.45) is 1.79. The van der Waals surface area contributed by atoms with E-state index in [-0.39, 0.29) is 5.97 Å². The molecule has 0 radical (unpaired) electrons. The molecule has 0 fully saturated rings. The summed E-state index contributed by atoms with van der Waals surface area (Å²) in [7, 11) is -1.33. The summed E-state index contributed by atoms with van der Waals surface area (Å²) < 4.78 is 5.38. The molecule has 0 saturated heterocycles. The first-order valence-electron chi connectivity index (χ1n) is 7.57. The molecule has 0 N–H and O–H groups in total. The monoisotopic (exact) mass is 302 g/mol. The summed E-state index contributed by atoms with van der Waals surface area (Å²) in [5.74, 6) is 6.31. The van der Waals surface area contributed by atoms with Crippen LogP contribution in [0.4, 0.5) is 0 Å². The van der Waals surface area contributed by atoms with Gasteiger partial charge < -0.3 is 4.74 Å². The van der Waals surface area contributed by atoms with E-state index in [0.29, 0.717) is 5.54 Å². The molecule has 1 rings (SSSR count). The van der Waals surface area contributed by atoms with Gasteiger partial charge in [0.2, 0.25) is 0 Å². The van der Waals surface area contributed by atoms with Crippen LogP contribution in [0.25, 0.3) is 0 Å². The van der Waals surface area contributed by atoms with Crippen molar-refractivity contribution < 1.29 is 9.53 Å². The molecule has 0 aliphatic rings. The van der Waals surface area contributed by atoms with Crippen LogP contribution in [0.5, 0.6) is 0 Å². The molecule has 0 aliphatic heterocycles. The highest BCUT2D eigenvalue weighted by molar-refractivity contribution is 6.78. The molecule has 0 heterocycles. The summed E-state index contributed by atoms with van der Waals surface area (Å²) >= 11 is 0. The fourth-order valence-electron chi connectivity index (χ4n) is 2.16. The minimum Gasteiger partial charge on any atom is -0.444 e. The molecule has 114 valence electrons. The highest BCUT2D eigenvalue weighted by Crippen LogP contribution is 2.27. The highest BCUT2D eigenvalue weighted by atomic mass is 28.3. The standard InChI is InChI=1S/C18H26O2Si/c1-6-10-17(21(3,4)5)13-14-18(20-15(2)19)16-11-8-7-9-12-16/h7-9,11-12,17-18H,6,10H2,1-5H3. The van der Waals surface area contributed by atoms with Crippen molar-refractivity contribution in [3.05, 3.63) is 35.9 Å². The lowest BCUT2D eigenvalue weighted by Gasteiger charge is -2.24. The molecular formula is C18H26O2Si. The van der Waals surface area contributed by atoms with E-state index in [4.69, 9.17) is 4.74 Å². The van der Waals surface area contributed by atoms with Gasteiger partial charge in [-0.3, -0.25) is 4.79 Å². The molecule has 1 aromatic rings. The Kier molecular flexibility index (Phi) is 6.71. The number of hydrogen-bond acceptors (Lipinski definition) is 2. The maximum absolute atomic E-state index is 11.3. The molecule has 0 aliphatic carbocycles. The Bertz CT molecular complexity index is 506. The lowest BCUT2D eigenvalue weighted by atomic mass is 10.1. The van der Waals surface area contributed by atoms with Gasteiger partial charge in [0, 0.05) is 18.0 Å². The van der Waals surface area contributed by atoms with E-state index in [1.807, 2.05) is 30.3 Å². The largest absolute Gasteiger partial charge is 0.444 e. The van der Waals surface area contributed by atoms with E-state index in [1.54, 1.807) is 0 Å². The summed E-state index contributed by atoms with van der Waals surface area (Å²) in [5.41, 5.74) is 1.37. The van der Waals surface area contributed by atoms with Gasteiger partial charge in [-0.2, -0.15) is 0 Å². The van der Waals surface area contributed by atoms with Crippen molar-refractivity contribution in [3.8, 4) is 11.8 Å². The number of ether oxygens (including phenoxy) is 1. The van der Waals surface area contributed by atoms with Gasteiger partial charge in [0.25, 0.3) is 0 Å². The predicted octanol–water partition coefficient (Wildman–Crippen LogP) is 4.80. The van der Waals surface area contributed by atoms with Crippen molar-refractivity contribution in [2.75, 3.05) is 0 Å². The van der Waals surface area contributed by atoms with Gasteiger partial charge in [0.15, 0.2) is 6.10 Å². The Morgan fingerprint density at radius 3 is 2.29 bits per heavy atom. The van der Waals surface area contributed by atoms with Crippen molar-refractivity contribution in [1.82, 2.24) is 0 Å². The SMILES string of the molecule is CCCC(C#CC(OC(C)=O)c1ccccc1)[Si](C)(C)C. The minimum absolute atomic E-state index is 0.293. The second kappa shape index (κ2) is 8.04. The second-order valence-corrected chi connectivity index (χ2v) is 11.8. The first kappa shape index (κ1) is 17.5. The van der Waals surface area contributed by atoms with Crippen molar-refractivity contribution in [2.45, 2.75) is 58.0 Å². The third-order valence-corrected chi connectivity index (χ3v) is 5.92. The van der Waals surface area contributed by atoms with E-state index in [2.05, 4.69) is 38.4 Å². The van der Waals surface area contributed by atoms with Crippen molar-refractivity contribution in [2.24, 2.45) is 0 Å². The molecule has 0 spiro atoms. The lowest BCUT2D eigenvalue weighted by molar-refractivity contribution is -0.144. The van der Waals surface area contributed by atoms with Crippen LogP contribution in [-0.4, -0.2) is 14.0 Å². The van der Waals surface area contributed by atoms with Crippen LogP contribution in [0.15, 0.2) is 30.3 Å². The molecule has 0 aromatic heterocycles. The Labute approximate surface area is 129 Å². The van der Waals surface area contributed by atoms with Crippen LogP contribution in [0, 0.1) is 11.8 Å². The van der Waals surface area contributed by atoms with Gasteiger partial charge in [0.1, 0.15) is 0 Å². The van der Waals surface area contributed by atoms with Crippen molar-refractivity contribution in [3.63, 3.8) is 0 Å². The number of carbonyl (C=O) groups excluding carboxylic acids is 1. The number of esters is 1. The third kappa shape index (κ3) is 6.18.